The number of carbonyl (C=O) groups excluding carboxylic acids is 1. The van der Waals surface area contributed by atoms with Crippen molar-refractivity contribution < 1.29 is 19.0 Å². The lowest BCUT2D eigenvalue weighted by Crippen LogP contribution is -2.41. The van der Waals surface area contributed by atoms with Crippen LogP contribution in [-0.4, -0.2) is 78.3 Å². The first-order valence-corrected chi connectivity index (χ1v) is 13.4. The number of aromatic nitrogens is 2. The Morgan fingerprint density at radius 3 is 2.61 bits per heavy atom. The summed E-state index contributed by atoms with van der Waals surface area (Å²) in [4.78, 5) is 25.6. The van der Waals surface area contributed by atoms with E-state index in [0.717, 1.165) is 42.9 Å². The molecule has 10 nitrogen and oxygen atoms in total. The van der Waals surface area contributed by atoms with Gasteiger partial charge < -0.3 is 34.7 Å². The van der Waals surface area contributed by atoms with Gasteiger partial charge in [0.1, 0.15) is 17.2 Å². The minimum Gasteiger partial charge on any atom is -0.467 e. The first kappa shape index (κ1) is 26.5. The first-order chi connectivity index (χ1) is 18.1. The number of piperidine rings is 1. The van der Waals surface area contributed by atoms with Crippen molar-refractivity contribution in [3.05, 3.63) is 34.3 Å². The normalized spacial score (nSPS) is 21.5. The number of ether oxygens (including phenoxy) is 3. The van der Waals surface area contributed by atoms with Crippen LogP contribution in [0.15, 0.2) is 18.2 Å². The number of fused-ring (bicyclic) bond motifs is 2. The Kier molecular flexibility index (Phi) is 7.37. The predicted octanol–water partition coefficient (Wildman–Crippen LogP) is 4.97. The van der Waals surface area contributed by atoms with E-state index < -0.39 is 5.60 Å². The molecule has 4 heterocycles. The summed E-state index contributed by atoms with van der Waals surface area (Å²) in [5, 5.41) is 12.0. The van der Waals surface area contributed by atoms with Gasteiger partial charge in [0.25, 0.3) is 0 Å². The fourth-order valence-corrected chi connectivity index (χ4v) is 5.71. The van der Waals surface area contributed by atoms with Gasteiger partial charge in [-0.1, -0.05) is 11.6 Å². The van der Waals surface area contributed by atoms with E-state index in [1.54, 1.807) is 12.0 Å². The highest BCUT2D eigenvalue weighted by molar-refractivity contribution is 6.32. The number of methoxy groups -OCH3 is 1. The maximum atomic E-state index is 12.5. The van der Waals surface area contributed by atoms with Crippen molar-refractivity contribution in [3.63, 3.8) is 0 Å². The molecule has 38 heavy (non-hydrogen) atoms. The van der Waals surface area contributed by atoms with E-state index >= 15 is 0 Å². The smallest absolute Gasteiger partial charge is 0.410 e. The number of halogens is 1. The maximum Gasteiger partial charge on any atom is 0.410 e. The van der Waals surface area contributed by atoms with Gasteiger partial charge in [-0.2, -0.15) is 9.97 Å². The molecule has 1 aromatic heterocycles. The topological polar surface area (TPSA) is 113 Å². The lowest BCUT2D eigenvalue weighted by atomic mass is 9.88. The minimum atomic E-state index is -0.522. The molecule has 1 amide bonds. The molecule has 2 atom stereocenters. The van der Waals surface area contributed by atoms with E-state index in [1.807, 2.05) is 39.0 Å². The number of rotatable bonds is 6. The van der Waals surface area contributed by atoms with Crippen LogP contribution in [0.3, 0.4) is 0 Å². The van der Waals surface area contributed by atoms with Gasteiger partial charge in [0.15, 0.2) is 0 Å². The zero-order chi connectivity index (χ0) is 27.0. The molecule has 204 valence electrons. The highest BCUT2D eigenvalue weighted by atomic mass is 35.5. The molecule has 2 unspecified atom stereocenters. The van der Waals surface area contributed by atoms with E-state index in [0.29, 0.717) is 42.1 Å². The van der Waals surface area contributed by atoms with Crippen molar-refractivity contribution in [2.75, 3.05) is 43.6 Å². The molecule has 3 fully saturated rings. The molecular formula is C27H35ClN6O4. The Labute approximate surface area is 228 Å². The molecule has 0 saturated carbocycles. The SMILES string of the molecule is COc1nc(Nc2cc(C3CCN(C(=O)OC(C)(C)C)CC3)c(Cl)cc2C=N)cc(N2CC3CC2CO3)n1. The van der Waals surface area contributed by atoms with Gasteiger partial charge in [-0.05, 0) is 63.6 Å². The Hall–Kier alpha value is -3.11. The fraction of sp³-hybridized carbons (Fsp3) is 0.556. The molecule has 1 aromatic carbocycles. The Balaban J connectivity index is 1.35. The molecular weight excluding hydrogens is 508 g/mol. The molecule has 3 aliphatic rings. The monoisotopic (exact) mass is 542 g/mol. The van der Waals surface area contributed by atoms with Crippen molar-refractivity contribution in [1.29, 1.82) is 5.41 Å². The van der Waals surface area contributed by atoms with Crippen LogP contribution < -0.4 is 15.0 Å². The van der Waals surface area contributed by atoms with Gasteiger partial charge in [0.05, 0.1) is 25.9 Å². The highest BCUT2D eigenvalue weighted by Gasteiger charge is 2.40. The molecule has 0 aliphatic carbocycles. The molecule has 2 N–H and O–H groups in total. The zero-order valence-electron chi connectivity index (χ0n) is 22.3. The van der Waals surface area contributed by atoms with Crippen LogP contribution in [0.2, 0.25) is 5.02 Å². The number of hydrogen-bond acceptors (Lipinski definition) is 9. The number of likely N-dealkylation sites (tertiary alicyclic amines) is 1. The van der Waals surface area contributed by atoms with E-state index in [4.69, 9.17) is 31.2 Å². The first-order valence-electron chi connectivity index (χ1n) is 13.0. The number of hydrogen-bond donors (Lipinski definition) is 2. The molecule has 2 aromatic rings. The molecule has 5 rings (SSSR count). The third-order valence-electron chi connectivity index (χ3n) is 7.24. The summed E-state index contributed by atoms with van der Waals surface area (Å²) in [5.74, 6) is 1.54. The Morgan fingerprint density at radius 2 is 2.00 bits per heavy atom. The molecule has 11 heteroatoms. The minimum absolute atomic E-state index is 0.178. The standard InChI is InChI=1S/C27H35ClN6O4/c1-27(2,3)38-26(35)33-7-5-16(6-8-33)20-11-22(17(13-29)9-21(20)28)30-23-12-24(32-25(31-23)36-4)34-14-19-10-18(34)15-37-19/h9,11-13,16,18-19,29H,5-8,10,14-15H2,1-4H3,(H,30,31,32). The largest absolute Gasteiger partial charge is 0.467 e. The molecule has 0 radical (unpaired) electrons. The number of morpholine rings is 1. The number of benzene rings is 1. The van der Waals surface area contributed by atoms with Crippen LogP contribution >= 0.6 is 11.6 Å². The van der Waals surface area contributed by atoms with Gasteiger partial charge >= 0.3 is 12.1 Å². The van der Waals surface area contributed by atoms with Crippen molar-refractivity contribution in [2.45, 2.75) is 63.7 Å². The number of anilines is 3. The zero-order valence-corrected chi connectivity index (χ0v) is 23.0. The Bertz CT molecular complexity index is 1210. The third kappa shape index (κ3) is 5.66. The summed E-state index contributed by atoms with van der Waals surface area (Å²) in [6.45, 7) is 8.30. The van der Waals surface area contributed by atoms with Crippen LogP contribution in [0.5, 0.6) is 6.01 Å². The van der Waals surface area contributed by atoms with Crippen molar-refractivity contribution in [2.24, 2.45) is 0 Å². The summed E-state index contributed by atoms with van der Waals surface area (Å²) >= 11 is 6.70. The number of amides is 1. The van der Waals surface area contributed by atoms with Crippen LogP contribution in [0.4, 0.5) is 22.1 Å². The molecule has 3 saturated heterocycles. The highest BCUT2D eigenvalue weighted by Crippen LogP contribution is 2.38. The second-order valence-corrected chi connectivity index (χ2v) is 11.5. The van der Waals surface area contributed by atoms with Crippen LogP contribution in [0.1, 0.15) is 57.1 Å². The van der Waals surface area contributed by atoms with E-state index in [9.17, 15) is 4.79 Å². The summed E-state index contributed by atoms with van der Waals surface area (Å²) in [6, 6.07) is 6.29. The van der Waals surface area contributed by atoms with Gasteiger partial charge in [-0.3, -0.25) is 0 Å². The van der Waals surface area contributed by atoms with Crippen LogP contribution in [0.25, 0.3) is 0 Å². The predicted molar refractivity (Wildman–Crippen MR) is 146 cm³/mol. The quantitative estimate of drug-likeness (QED) is 0.492. The molecule has 0 spiro atoms. The lowest BCUT2D eigenvalue weighted by Gasteiger charge is -2.34. The molecule has 3 aliphatic heterocycles. The second kappa shape index (κ2) is 10.6. The maximum absolute atomic E-state index is 12.5. The third-order valence-corrected chi connectivity index (χ3v) is 7.57. The van der Waals surface area contributed by atoms with Gasteiger partial charge in [-0.15, -0.1) is 0 Å². The Morgan fingerprint density at radius 1 is 1.24 bits per heavy atom. The second-order valence-electron chi connectivity index (χ2n) is 11.1. The van der Waals surface area contributed by atoms with E-state index in [-0.39, 0.29) is 24.1 Å². The summed E-state index contributed by atoms with van der Waals surface area (Å²) in [6.07, 6.45) is 3.78. The average molecular weight is 543 g/mol. The summed E-state index contributed by atoms with van der Waals surface area (Å²) in [7, 11) is 1.55. The number of nitrogens with zero attached hydrogens (tertiary/aromatic N) is 4. The van der Waals surface area contributed by atoms with Gasteiger partial charge in [-0.25, -0.2) is 4.79 Å². The molecule has 2 bridgehead atoms. The van der Waals surface area contributed by atoms with Gasteiger partial charge in [0, 0.05) is 48.2 Å². The van der Waals surface area contributed by atoms with Crippen LogP contribution in [0, 0.1) is 5.41 Å². The number of carbonyl (C=O) groups is 1. The fourth-order valence-electron chi connectivity index (χ4n) is 5.38. The van der Waals surface area contributed by atoms with Gasteiger partial charge in [0.2, 0.25) is 0 Å². The average Bonchev–Trinajstić information content (AvgIpc) is 3.52. The van der Waals surface area contributed by atoms with Crippen molar-refractivity contribution >= 4 is 41.2 Å². The van der Waals surface area contributed by atoms with Crippen molar-refractivity contribution in [1.82, 2.24) is 14.9 Å². The summed E-state index contributed by atoms with van der Waals surface area (Å²) < 4.78 is 16.7. The number of nitrogens with one attached hydrogen (secondary N) is 2. The van der Waals surface area contributed by atoms with Crippen molar-refractivity contribution in [3.8, 4) is 6.01 Å². The van der Waals surface area contributed by atoms with E-state index in [2.05, 4.69) is 20.2 Å². The van der Waals surface area contributed by atoms with E-state index in [1.165, 1.54) is 6.21 Å². The van der Waals surface area contributed by atoms with Crippen LogP contribution in [-0.2, 0) is 9.47 Å². The lowest BCUT2D eigenvalue weighted by molar-refractivity contribution is 0.0205. The summed E-state index contributed by atoms with van der Waals surface area (Å²) in [5.41, 5.74) is 1.84.